The summed E-state index contributed by atoms with van der Waals surface area (Å²) in [5, 5.41) is 2.99. The van der Waals surface area contributed by atoms with Crippen molar-refractivity contribution < 1.29 is 9.53 Å². The number of fused-ring (bicyclic) bond motifs is 1. The van der Waals surface area contributed by atoms with Gasteiger partial charge in [-0.25, -0.2) is 4.98 Å². The minimum atomic E-state index is -0.0913. The van der Waals surface area contributed by atoms with Crippen LogP contribution in [-0.2, 0) is 6.42 Å². The predicted octanol–water partition coefficient (Wildman–Crippen LogP) is 5.99. The van der Waals surface area contributed by atoms with E-state index >= 15 is 0 Å². The van der Waals surface area contributed by atoms with Gasteiger partial charge in [0.1, 0.15) is 17.3 Å². The van der Waals surface area contributed by atoms with Crippen LogP contribution in [0.2, 0.25) is 0 Å². The van der Waals surface area contributed by atoms with Crippen LogP contribution in [0.15, 0.2) is 103 Å². The Bertz CT molecular complexity index is 1360. The molecule has 0 unspecified atom stereocenters. The van der Waals surface area contributed by atoms with Crippen LogP contribution in [0, 0.1) is 0 Å². The summed E-state index contributed by atoms with van der Waals surface area (Å²) in [4.78, 5) is 20.6. The molecule has 33 heavy (non-hydrogen) atoms. The van der Waals surface area contributed by atoms with Crippen molar-refractivity contribution in [2.24, 2.45) is 0 Å². The number of para-hydroxylation sites is 1. The second-order valence-electron chi connectivity index (χ2n) is 7.75. The lowest BCUT2D eigenvalue weighted by molar-refractivity contribution is 0.0954. The predicted molar refractivity (Wildman–Crippen MR) is 131 cm³/mol. The number of carbonyl (C=O) groups is 1. The molecule has 0 bridgehead atoms. The number of aromatic amines is 1. The number of benzene rings is 4. The lowest BCUT2D eigenvalue weighted by Crippen LogP contribution is -2.25. The Morgan fingerprint density at radius 2 is 1.52 bits per heavy atom. The molecule has 1 amide bonds. The van der Waals surface area contributed by atoms with Gasteiger partial charge in [-0.2, -0.15) is 0 Å². The molecule has 0 aliphatic rings. The molecule has 0 aliphatic carbocycles. The van der Waals surface area contributed by atoms with Crippen molar-refractivity contribution in [3.05, 3.63) is 114 Å². The van der Waals surface area contributed by atoms with E-state index in [0.29, 0.717) is 12.1 Å². The summed E-state index contributed by atoms with van der Waals surface area (Å²) in [6.07, 6.45) is 0.799. The van der Waals surface area contributed by atoms with Crippen molar-refractivity contribution in [3.63, 3.8) is 0 Å². The number of amides is 1. The summed E-state index contributed by atoms with van der Waals surface area (Å²) in [6, 6.07) is 33.1. The molecule has 0 saturated carbocycles. The Balaban J connectivity index is 1.26. The number of H-pyrrole nitrogens is 1. The lowest BCUT2D eigenvalue weighted by atomic mass is 10.1. The number of imidazole rings is 1. The van der Waals surface area contributed by atoms with Gasteiger partial charge in [0.25, 0.3) is 5.91 Å². The van der Waals surface area contributed by atoms with E-state index in [1.807, 2.05) is 91.0 Å². The summed E-state index contributed by atoms with van der Waals surface area (Å²) in [6.45, 7) is 0.590. The molecule has 0 radical (unpaired) electrons. The summed E-state index contributed by atoms with van der Waals surface area (Å²) in [5.74, 6) is 2.21. The molecule has 5 aromatic rings. The van der Waals surface area contributed by atoms with Crippen LogP contribution in [0.4, 0.5) is 0 Å². The minimum absolute atomic E-state index is 0.0913. The lowest BCUT2D eigenvalue weighted by Gasteiger charge is -2.05. The topological polar surface area (TPSA) is 67.0 Å². The normalized spacial score (nSPS) is 10.8. The third-order valence-electron chi connectivity index (χ3n) is 5.39. The number of carbonyl (C=O) groups excluding carboxylic acids is 1. The molecule has 5 rings (SSSR count). The molecule has 4 aromatic carbocycles. The van der Waals surface area contributed by atoms with Crippen LogP contribution in [0.1, 0.15) is 15.9 Å². The van der Waals surface area contributed by atoms with E-state index in [-0.39, 0.29) is 5.91 Å². The fourth-order valence-electron chi connectivity index (χ4n) is 3.66. The maximum absolute atomic E-state index is 12.6. The van der Waals surface area contributed by atoms with E-state index in [0.717, 1.165) is 40.3 Å². The van der Waals surface area contributed by atoms with Crippen molar-refractivity contribution in [2.45, 2.75) is 6.42 Å². The fraction of sp³-hybridized carbons (Fsp3) is 0.0714. The molecule has 0 saturated heterocycles. The van der Waals surface area contributed by atoms with Gasteiger partial charge in [0, 0.05) is 17.7 Å². The Morgan fingerprint density at radius 1 is 0.818 bits per heavy atom. The second-order valence-corrected chi connectivity index (χ2v) is 7.75. The van der Waals surface area contributed by atoms with Gasteiger partial charge in [0.15, 0.2) is 0 Å². The van der Waals surface area contributed by atoms with E-state index in [1.54, 1.807) is 0 Å². The molecule has 1 heterocycles. The van der Waals surface area contributed by atoms with Crippen molar-refractivity contribution in [1.29, 1.82) is 0 Å². The molecule has 2 N–H and O–H groups in total. The molecule has 0 aliphatic heterocycles. The number of rotatable bonds is 7. The molecule has 0 fully saturated rings. The van der Waals surface area contributed by atoms with Crippen LogP contribution in [0.25, 0.3) is 22.4 Å². The first kappa shape index (κ1) is 20.5. The van der Waals surface area contributed by atoms with Crippen molar-refractivity contribution in [3.8, 4) is 22.9 Å². The highest BCUT2D eigenvalue weighted by molar-refractivity contribution is 5.97. The highest BCUT2D eigenvalue weighted by atomic mass is 16.5. The highest BCUT2D eigenvalue weighted by Gasteiger charge is 2.10. The smallest absolute Gasteiger partial charge is 0.251 e. The van der Waals surface area contributed by atoms with Gasteiger partial charge in [0.2, 0.25) is 0 Å². The average molecular weight is 434 g/mol. The Labute approximate surface area is 192 Å². The fourth-order valence-corrected chi connectivity index (χ4v) is 3.66. The van der Waals surface area contributed by atoms with Gasteiger partial charge in [-0.05, 0) is 66.6 Å². The first-order chi connectivity index (χ1) is 16.2. The number of hydrogen-bond donors (Lipinski definition) is 2. The maximum atomic E-state index is 12.6. The van der Waals surface area contributed by atoms with Crippen LogP contribution >= 0.6 is 0 Å². The van der Waals surface area contributed by atoms with Gasteiger partial charge < -0.3 is 15.0 Å². The summed E-state index contributed by atoms with van der Waals surface area (Å²) in [5.41, 5.74) is 4.39. The SMILES string of the molecule is O=C(NCCc1ccccc1)c1ccc2nc(-c3ccc(Oc4ccccc4)cc3)[nH]c2c1. The van der Waals surface area contributed by atoms with Crippen molar-refractivity contribution >= 4 is 16.9 Å². The van der Waals surface area contributed by atoms with Crippen molar-refractivity contribution in [2.75, 3.05) is 6.54 Å². The van der Waals surface area contributed by atoms with Gasteiger partial charge in [-0.3, -0.25) is 4.79 Å². The van der Waals surface area contributed by atoms with E-state index in [9.17, 15) is 4.79 Å². The second kappa shape index (κ2) is 9.40. The molecular weight excluding hydrogens is 410 g/mol. The quantitative estimate of drug-likeness (QED) is 0.331. The number of aromatic nitrogens is 2. The first-order valence-electron chi connectivity index (χ1n) is 10.9. The van der Waals surface area contributed by atoms with Crippen LogP contribution in [0.3, 0.4) is 0 Å². The number of nitrogens with one attached hydrogen (secondary N) is 2. The summed E-state index contributed by atoms with van der Waals surface area (Å²) in [7, 11) is 0. The van der Waals surface area contributed by atoms with E-state index < -0.39 is 0 Å². The zero-order valence-electron chi connectivity index (χ0n) is 18.0. The zero-order valence-corrected chi connectivity index (χ0v) is 18.0. The molecule has 162 valence electrons. The largest absolute Gasteiger partial charge is 0.457 e. The molecule has 1 aromatic heterocycles. The van der Waals surface area contributed by atoms with E-state index in [2.05, 4.69) is 27.4 Å². The van der Waals surface area contributed by atoms with Crippen molar-refractivity contribution in [1.82, 2.24) is 15.3 Å². The molecule has 5 nitrogen and oxygen atoms in total. The Morgan fingerprint density at radius 3 is 2.27 bits per heavy atom. The van der Waals surface area contributed by atoms with Gasteiger partial charge in [-0.1, -0.05) is 48.5 Å². The molecular formula is C28H23N3O2. The van der Waals surface area contributed by atoms with Crippen LogP contribution < -0.4 is 10.1 Å². The first-order valence-corrected chi connectivity index (χ1v) is 10.9. The van der Waals surface area contributed by atoms with Crippen LogP contribution in [-0.4, -0.2) is 22.4 Å². The van der Waals surface area contributed by atoms with Crippen LogP contribution in [0.5, 0.6) is 11.5 Å². The average Bonchev–Trinajstić information content (AvgIpc) is 3.29. The number of ether oxygens (including phenoxy) is 1. The third-order valence-corrected chi connectivity index (χ3v) is 5.39. The zero-order chi connectivity index (χ0) is 22.5. The number of hydrogen-bond acceptors (Lipinski definition) is 3. The van der Waals surface area contributed by atoms with E-state index in [1.165, 1.54) is 5.56 Å². The minimum Gasteiger partial charge on any atom is -0.457 e. The standard InChI is InChI=1S/C28H23N3O2/c32-28(29-18-17-20-7-3-1-4-8-20)22-13-16-25-26(19-22)31-27(30-25)21-11-14-24(15-12-21)33-23-9-5-2-6-10-23/h1-16,19H,17-18H2,(H,29,32)(H,30,31). The van der Waals surface area contributed by atoms with Gasteiger partial charge in [-0.15, -0.1) is 0 Å². The Kier molecular flexibility index (Phi) is 5.85. The summed E-state index contributed by atoms with van der Waals surface area (Å²) >= 11 is 0. The molecule has 0 spiro atoms. The van der Waals surface area contributed by atoms with E-state index in [4.69, 9.17) is 4.74 Å². The maximum Gasteiger partial charge on any atom is 0.251 e. The molecule has 0 atom stereocenters. The Hall–Kier alpha value is -4.38. The highest BCUT2D eigenvalue weighted by Crippen LogP contribution is 2.26. The third kappa shape index (κ3) is 4.93. The van der Waals surface area contributed by atoms with Gasteiger partial charge >= 0.3 is 0 Å². The monoisotopic (exact) mass is 433 g/mol. The summed E-state index contributed by atoms with van der Waals surface area (Å²) < 4.78 is 5.86. The number of nitrogens with zero attached hydrogens (tertiary/aromatic N) is 1. The van der Waals surface area contributed by atoms with Gasteiger partial charge in [0.05, 0.1) is 11.0 Å². The molecule has 5 heteroatoms.